The van der Waals surface area contributed by atoms with Crippen LogP contribution in [0.15, 0.2) is 18.2 Å². The van der Waals surface area contributed by atoms with Crippen molar-refractivity contribution in [3.05, 3.63) is 29.6 Å². The first kappa shape index (κ1) is 14.2. The first-order chi connectivity index (χ1) is 8.29. The molecule has 1 aromatic carbocycles. The SMILES string of the molecule is Nc1ccc(F)c(C(=O)OCOCC(F)(F)F)c1. The van der Waals surface area contributed by atoms with E-state index >= 15 is 0 Å². The number of hydrogen-bond donors (Lipinski definition) is 1. The van der Waals surface area contributed by atoms with Gasteiger partial charge in [0.25, 0.3) is 0 Å². The lowest BCUT2D eigenvalue weighted by atomic mass is 10.2. The topological polar surface area (TPSA) is 61.6 Å². The van der Waals surface area contributed by atoms with Crippen molar-refractivity contribution in [2.45, 2.75) is 6.18 Å². The van der Waals surface area contributed by atoms with Crippen molar-refractivity contribution >= 4 is 11.7 Å². The summed E-state index contributed by atoms with van der Waals surface area (Å²) >= 11 is 0. The molecule has 0 amide bonds. The van der Waals surface area contributed by atoms with E-state index in [2.05, 4.69) is 9.47 Å². The molecule has 0 aromatic heterocycles. The maximum Gasteiger partial charge on any atom is 0.411 e. The molecule has 0 spiro atoms. The molecule has 2 N–H and O–H groups in total. The molecule has 4 nitrogen and oxygen atoms in total. The van der Waals surface area contributed by atoms with Crippen LogP contribution >= 0.6 is 0 Å². The van der Waals surface area contributed by atoms with Crippen LogP contribution in [0.2, 0.25) is 0 Å². The normalized spacial score (nSPS) is 11.3. The number of carbonyl (C=O) groups excluding carboxylic acids is 1. The van der Waals surface area contributed by atoms with Gasteiger partial charge in [0, 0.05) is 5.69 Å². The van der Waals surface area contributed by atoms with Gasteiger partial charge in [0.15, 0.2) is 6.79 Å². The van der Waals surface area contributed by atoms with Crippen LogP contribution in [0.1, 0.15) is 10.4 Å². The Kier molecular flexibility index (Phi) is 4.49. The molecule has 0 aliphatic rings. The minimum atomic E-state index is -4.52. The second-order valence-electron chi connectivity index (χ2n) is 3.25. The molecule has 1 aromatic rings. The van der Waals surface area contributed by atoms with Gasteiger partial charge in [-0.15, -0.1) is 0 Å². The molecule has 1 rings (SSSR count). The average Bonchev–Trinajstić information content (AvgIpc) is 2.26. The van der Waals surface area contributed by atoms with Gasteiger partial charge in [0.05, 0.1) is 5.56 Å². The predicted molar refractivity (Wildman–Crippen MR) is 53.1 cm³/mol. The van der Waals surface area contributed by atoms with E-state index in [0.717, 1.165) is 12.1 Å². The number of alkyl halides is 3. The number of rotatable bonds is 4. The van der Waals surface area contributed by atoms with Crippen LogP contribution in [0.5, 0.6) is 0 Å². The largest absolute Gasteiger partial charge is 0.435 e. The highest BCUT2D eigenvalue weighted by Crippen LogP contribution is 2.15. The standard InChI is InChI=1S/C10H9F4NO3/c11-8-2-1-6(15)3-7(8)9(16)18-5-17-4-10(12,13)14/h1-3H,4-5,15H2. The summed E-state index contributed by atoms with van der Waals surface area (Å²) in [6, 6.07) is 3.19. The third-order valence-corrected chi connectivity index (χ3v) is 1.75. The van der Waals surface area contributed by atoms with Gasteiger partial charge >= 0.3 is 12.1 Å². The summed E-state index contributed by atoms with van der Waals surface area (Å²) in [4.78, 5) is 11.3. The quantitative estimate of drug-likeness (QED) is 0.298. The number of halogens is 4. The first-order valence-electron chi connectivity index (χ1n) is 4.66. The summed E-state index contributed by atoms with van der Waals surface area (Å²) in [5.41, 5.74) is 4.98. The van der Waals surface area contributed by atoms with E-state index in [0.29, 0.717) is 0 Å². The fraction of sp³-hybridized carbons (Fsp3) is 0.300. The smallest absolute Gasteiger partial charge is 0.411 e. The molecule has 0 unspecified atom stereocenters. The van der Waals surface area contributed by atoms with E-state index in [9.17, 15) is 22.4 Å². The van der Waals surface area contributed by atoms with Crippen molar-refractivity contribution < 1.29 is 31.8 Å². The Balaban J connectivity index is 2.48. The van der Waals surface area contributed by atoms with E-state index in [1.54, 1.807) is 0 Å². The number of nitrogen functional groups attached to an aromatic ring is 1. The van der Waals surface area contributed by atoms with Gasteiger partial charge in [-0.3, -0.25) is 0 Å². The van der Waals surface area contributed by atoms with Crippen LogP contribution in [-0.4, -0.2) is 25.5 Å². The molecule has 0 fully saturated rings. The van der Waals surface area contributed by atoms with Gasteiger partial charge in [-0.1, -0.05) is 0 Å². The summed E-state index contributed by atoms with van der Waals surface area (Å²) in [5.74, 6) is -2.04. The Labute approximate surface area is 99.3 Å². The molecule has 100 valence electrons. The van der Waals surface area contributed by atoms with Gasteiger partial charge in [-0.2, -0.15) is 13.2 Å². The molecule has 0 aliphatic heterocycles. The van der Waals surface area contributed by atoms with Crippen LogP contribution in [0.4, 0.5) is 23.2 Å². The Morgan fingerprint density at radius 3 is 2.61 bits per heavy atom. The average molecular weight is 267 g/mol. The third-order valence-electron chi connectivity index (χ3n) is 1.75. The Morgan fingerprint density at radius 2 is 2.00 bits per heavy atom. The number of carbonyl (C=O) groups is 1. The summed E-state index contributed by atoms with van der Waals surface area (Å²) < 4.78 is 56.5. The summed E-state index contributed by atoms with van der Waals surface area (Å²) in [6.07, 6.45) is -4.52. The fourth-order valence-corrected chi connectivity index (χ4v) is 1.03. The highest BCUT2D eigenvalue weighted by atomic mass is 19.4. The molecule has 8 heteroatoms. The number of ether oxygens (including phenoxy) is 2. The predicted octanol–water partition coefficient (Wildman–Crippen LogP) is 2.10. The van der Waals surface area contributed by atoms with Crippen LogP contribution in [0.3, 0.4) is 0 Å². The van der Waals surface area contributed by atoms with Gasteiger partial charge in [0.2, 0.25) is 0 Å². The first-order valence-corrected chi connectivity index (χ1v) is 4.66. The number of nitrogens with two attached hydrogens (primary N) is 1. The van der Waals surface area contributed by atoms with Crippen molar-refractivity contribution in [1.82, 2.24) is 0 Å². The number of benzene rings is 1. The zero-order chi connectivity index (χ0) is 13.8. The van der Waals surface area contributed by atoms with Crippen LogP contribution in [0, 0.1) is 5.82 Å². The second-order valence-corrected chi connectivity index (χ2v) is 3.25. The van der Waals surface area contributed by atoms with Crippen molar-refractivity contribution in [3.8, 4) is 0 Å². The molecule has 0 saturated heterocycles. The fourth-order valence-electron chi connectivity index (χ4n) is 1.03. The summed E-state index contributed by atoms with van der Waals surface area (Å²) in [5, 5.41) is 0. The molecular weight excluding hydrogens is 258 g/mol. The highest BCUT2D eigenvalue weighted by Gasteiger charge is 2.27. The Hall–Kier alpha value is -1.83. The number of hydrogen-bond acceptors (Lipinski definition) is 4. The van der Waals surface area contributed by atoms with E-state index < -0.39 is 36.9 Å². The van der Waals surface area contributed by atoms with Crippen molar-refractivity contribution in [2.75, 3.05) is 19.1 Å². The van der Waals surface area contributed by atoms with Gasteiger partial charge < -0.3 is 15.2 Å². The van der Waals surface area contributed by atoms with Crippen molar-refractivity contribution in [3.63, 3.8) is 0 Å². The number of esters is 1. The molecule has 0 heterocycles. The van der Waals surface area contributed by atoms with Gasteiger partial charge in [0.1, 0.15) is 12.4 Å². The van der Waals surface area contributed by atoms with Gasteiger partial charge in [-0.05, 0) is 18.2 Å². The minimum Gasteiger partial charge on any atom is -0.435 e. The number of anilines is 1. The lowest BCUT2D eigenvalue weighted by Crippen LogP contribution is -2.19. The second kappa shape index (κ2) is 5.67. The maximum absolute atomic E-state index is 13.1. The molecule has 18 heavy (non-hydrogen) atoms. The Morgan fingerprint density at radius 1 is 1.33 bits per heavy atom. The lowest BCUT2D eigenvalue weighted by molar-refractivity contribution is -0.190. The van der Waals surface area contributed by atoms with Crippen LogP contribution in [0.25, 0.3) is 0 Å². The summed E-state index contributed by atoms with van der Waals surface area (Å²) in [7, 11) is 0. The van der Waals surface area contributed by atoms with E-state index in [1.807, 2.05) is 0 Å². The van der Waals surface area contributed by atoms with E-state index in [4.69, 9.17) is 5.73 Å². The molecule has 0 saturated carbocycles. The minimum absolute atomic E-state index is 0.125. The third kappa shape index (κ3) is 4.58. The zero-order valence-electron chi connectivity index (χ0n) is 8.96. The van der Waals surface area contributed by atoms with E-state index in [1.165, 1.54) is 6.07 Å². The van der Waals surface area contributed by atoms with Crippen LogP contribution < -0.4 is 5.73 Å². The van der Waals surface area contributed by atoms with E-state index in [-0.39, 0.29) is 5.69 Å². The van der Waals surface area contributed by atoms with Crippen LogP contribution in [-0.2, 0) is 9.47 Å². The molecule has 0 atom stereocenters. The maximum atomic E-state index is 13.1. The van der Waals surface area contributed by atoms with Gasteiger partial charge in [-0.25, -0.2) is 9.18 Å². The monoisotopic (exact) mass is 267 g/mol. The van der Waals surface area contributed by atoms with Crippen molar-refractivity contribution in [1.29, 1.82) is 0 Å². The molecule has 0 bridgehead atoms. The van der Waals surface area contributed by atoms with Crippen molar-refractivity contribution in [2.24, 2.45) is 0 Å². The molecular formula is C10H9F4NO3. The Bertz CT molecular complexity index is 434. The summed E-state index contributed by atoms with van der Waals surface area (Å²) in [6.45, 7) is -2.48. The highest BCUT2D eigenvalue weighted by molar-refractivity contribution is 5.90. The zero-order valence-corrected chi connectivity index (χ0v) is 8.96. The molecule has 0 radical (unpaired) electrons. The lowest BCUT2D eigenvalue weighted by Gasteiger charge is -2.09. The molecule has 0 aliphatic carbocycles.